The molecule has 1 N–H and O–H groups in total. The molecule has 1 aliphatic heterocycles. The van der Waals surface area contributed by atoms with Crippen LogP contribution in [0.3, 0.4) is 0 Å². The maximum Gasteiger partial charge on any atom is 0.215 e. The van der Waals surface area contributed by atoms with Crippen LogP contribution >= 0.6 is 12.2 Å². The van der Waals surface area contributed by atoms with Gasteiger partial charge >= 0.3 is 0 Å². The van der Waals surface area contributed by atoms with E-state index in [-0.39, 0.29) is 0 Å². The molecule has 0 spiro atoms. The third-order valence-corrected chi connectivity index (χ3v) is 3.87. The van der Waals surface area contributed by atoms with Crippen molar-refractivity contribution in [2.45, 2.75) is 6.54 Å². The van der Waals surface area contributed by atoms with Crippen LogP contribution in [0.4, 0.5) is 0 Å². The normalized spacial score (nSPS) is 16.6. The van der Waals surface area contributed by atoms with E-state index >= 15 is 0 Å². The molecule has 2 aromatic rings. The Bertz CT molecular complexity index is 645. The van der Waals surface area contributed by atoms with E-state index in [2.05, 4.69) is 14.9 Å². The topological polar surface area (TPSA) is 55.3 Å². The van der Waals surface area contributed by atoms with E-state index in [1.165, 1.54) is 0 Å². The highest BCUT2D eigenvalue weighted by Crippen LogP contribution is 2.16. The van der Waals surface area contributed by atoms with Gasteiger partial charge in [-0.15, -0.1) is 0 Å². The number of ether oxygens (including phenoxy) is 2. The van der Waals surface area contributed by atoms with E-state index in [9.17, 15) is 0 Å². The zero-order chi connectivity index (χ0) is 13.9. The zero-order valence-corrected chi connectivity index (χ0v) is 12.3. The third kappa shape index (κ3) is 2.70. The number of aromatic amines is 1. The molecule has 0 aromatic carbocycles. The SMILES string of the molecule is COc1ccc2[nH]c(=S)n(CCN3CCOCC3)c2n1. The number of nitrogens with zero attached hydrogens (tertiary/aromatic N) is 3. The minimum absolute atomic E-state index is 0.603. The van der Waals surface area contributed by atoms with Crippen LogP contribution in [0.5, 0.6) is 5.88 Å². The van der Waals surface area contributed by atoms with Crippen LogP contribution in [0, 0.1) is 4.77 Å². The van der Waals surface area contributed by atoms with Gasteiger partial charge in [-0.1, -0.05) is 0 Å². The number of methoxy groups -OCH3 is 1. The lowest BCUT2D eigenvalue weighted by atomic mass is 10.4. The molecule has 1 aliphatic rings. The van der Waals surface area contributed by atoms with Crippen molar-refractivity contribution >= 4 is 23.4 Å². The average molecular weight is 294 g/mol. The molecule has 0 saturated carbocycles. The van der Waals surface area contributed by atoms with Crippen molar-refractivity contribution in [3.8, 4) is 5.88 Å². The Labute approximate surface area is 122 Å². The van der Waals surface area contributed by atoms with Gasteiger partial charge in [0.15, 0.2) is 10.4 Å². The lowest BCUT2D eigenvalue weighted by Crippen LogP contribution is -2.38. The maximum absolute atomic E-state index is 5.38. The summed E-state index contributed by atoms with van der Waals surface area (Å²) >= 11 is 5.38. The van der Waals surface area contributed by atoms with Crippen LogP contribution in [-0.2, 0) is 11.3 Å². The first kappa shape index (κ1) is 13.5. The Morgan fingerprint density at radius 2 is 2.15 bits per heavy atom. The molecule has 1 fully saturated rings. The molecule has 20 heavy (non-hydrogen) atoms. The molecule has 108 valence electrons. The van der Waals surface area contributed by atoms with E-state index in [4.69, 9.17) is 21.7 Å². The molecule has 0 atom stereocenters. The van der Waals surface area contributed by atoms with Crippen LogP contribution in [0.25, 0.3) is 11.2 Å². The molecule has 0 radical (unpaired) electrons. The molecule has 0 aliphatic carbocycles. The van der Waals surface area contributed by atoms with Gasteiger partial charge in [-0.2, -0.15) is 4.98 Å². The number of aromatic nitrogens is 3. The Kier molecular flexibility index (Phi) is 4.00. The number of nitrogens with one attached hydrogen (secondary N) is 1. The van der Waals surface area contributed by atoms with Gasteiger partial charge in [0, 0.05) is 32.2 Å². The number of hydrogen-bond donors (Lipinski definition) is 1. The van der Waals surface area contributed by atoms with Gasteiger partial charge in [-0.05, 0) is 18.3 Å². The van der Waals surface area contributed by atoms with E-state index in [0.717, 1.165) is 50.6 Å². The Morgan fingerprint density at radius 3 is 2.90 bits per heavy atom. The lowest BCUT2D eigenvalue weighted by Gasteiger charge is -2.26. The van der Waals surface area contributed by atoms with Crippen LogP contribution in [0.15, 0.2) is 12.1 Å². The number of H-pyrrole nitrogens is 1. The molecule has 7 heteroatoms. The third-order valence-electron chi connectivity index (χ3n) is 3.54. The van der Waals surface area contributed by atoms with Gasteiger partial charge in [-0.3, -0.25) is 4.90 Å². The molecule has 0 bridgehead atoms. The second-order valence-corrected chi connectivity index (χ2v) is 5.15. The molecule has 6 nitrogen and oxygen atoms in total. The monoisotopic (exact) mass is 294 g/mol. The van der Waals surface area contributed by atoms with Crippen molar-refractivity contribution in [3.05, 3.63) is 16.9 Å². The number of pyridine rings is 1. The van der Waals surface area contributed by atoms with Crippen molar-refractivity contribution in [1.29, 1.82) is 0 Å². The minimum atomic E-state index is 0.603. The van der Waals surface area contributed by atoms with Gasteiger partial charge in [0.25, 0.3) is 0 Å². The zero-order valence-electron chi connectivity index (χ0n) is 11.5. The minimum Gasteiger partial charge on any atom is -0.481 e. The molecule has 0 amide bonds. The van der Waals surface area contributed by atoms with Gasteiger partial charge in [-0.25, -0.2) is 0 Å². The summed E-state index contributed by atoms with van der Waals surface area (Å²) in [7, 11) is 1.62. The molecule has 1 saturated heterocycles. The van der Waals surface area contributed by atoms with Crippen molar-refractivity contribution in [2.75, 3.05) is 40.0 Å². The highest BCUT2D eigenvalue weighted by Gasteiger charge is 2.12. The summed E-state index contributed by atoms with van der Waals surface area (Å²) in [6, 6.07) is 3.78. The summed E-state index contributed by atoms with van der Waals surface area (Å²) in [6.07, 6.45) is 0. The summed E-state index contributed by atoms with van der Waals surface area (Å²) in [5.41, 5.74) is 1.79. The highest BCUT2D eigenvalue weighted by molar-refractivity contribution is 7.71. The van der Waals surface area contributed by atoms with Gasteiger partial charge in [0.2, 0.25) is 5.88 Å². The van der Waals surface area contributed by atoms with Crippen molar-refractivity contribution < 1.29 is 9.47 Å². The smallest absolute Gasteiger partial charge is 0.215 e. The van der Waals surface area contributed by atoms with Gasteiger partial charge < -0.3 is 19.0 Å². The highest BCUT2D eigenvalue weighted by atomic mass is 32.1. The standard InChI is InChI=1S/C13H18N4O2S/c1-18-11-3-2-10-12(15-11)17(13(20)14-10)5-4-16-6-8-19-9-7-16/h2-3H,4-9H2,1H3,(H,14,20). The Balaban J connectivity index is 1.82. The number of morpholine rings is 1. The van der Waals surface area contributed by atoms with Crippen molar-refractivity contribution in [1.82, 2.24) is 19.4 Å². The molecule has 2 aromatic heterocycles. The number of hydrogen-bond acceptors (Lipinski definition) is 5. The number of imidazole rings is 1. The summed E-state index contributed by atoms with van der Waals surface area (Å²) in [5.74, 6) is 0.603. The van der Waals surface area contributed by atoms with E-state index in [1.54, 1.807) is 7.11 Å². The first-order valence-electron chi connectivity index (χ1n) is 6.71. The van der Waals surface area contributed by atoms with Crippen LogP contribution < -0.4 is 4.74 Å². The molecular formula is C13H18N4O2S. The Hall–Kier alpha value is -1.44. The van der Waals surface area contributed by atoms with E-state index < -0.39 is 0 Å². The average Bonchev–Trinajstić information content (AvgIpc) is 2.80. The van der Waals surface area contributed by atoms with Crippen LogP contribution in [0.1, 0.15) is 0 Å². The molecule has 3 heterocycles. The molecular weight excluding hydrogens is 276 g/mol. The summed E-state index contributed by atoms with van der Waals surface area (Å²) in [5, 5.41) is 0. The maximum atomic E-state index is 5.38. The summed E-state index contributed by atoms with van der Waals surface area (Å²) < 4.78 is 13.3. The van der Waals surface area contributed by atoms with E-state index in [1.807, 2.05) is 16.7 Å². The number of fused-ring (bicyclic) bond motifs is 1. The summed E-state index contributed by atoms with van der Waals surface area (Å²) in [6.45, 7) is 5.35. The van der Waals surface area contributed by atoms with Crippen molar-refractivity contribution in [3.63, 3.8) is 0 Å². The van der Waals surface area contributed by atoms with Gasteiger partial charge in [0.1, 0.15) is 0 Å². The van der Waals surface area contributed by atoms with Gasteiger partial charge in [0.05, 0.1) is 25.8 Å². The number of rotatable bonds is 4. The molecule has 0 unspecified atom stereocenters. The van der Waals surface area contributed by atoms with Crippen molar-refractivity contribution in [2.24, 2.45) is 0 Å². The lowest BCUT2D eigenvalue weighted by molar-refractivity contribution is 0.0364. The summed E-state index contributed by atoms with van der Waals surface area (Å²) in [4.78, 5) is 10.0. The fourth-order valence-electron chi connectivity index (χ4n) is 2.40. The second-order valence-electron chi connectivity index (χ2n) is 4.76. The Morgan fingerprint density at radius 1 is 1.35 bits per heavy atom. The first-order valence-corrected chi connectivity index (χ1v) is 7.12. The first-order chi connectivity index (χ1) is 9.78. The van der Waals surface area contributed by atoms with E-state index in [0.29, 0.717) is 10.7 Å². The fourth-order valence-corrected chi connectivity index (χ4v) is 2.69. The second kappa shape index (κ2) is 5.90. The van der Waals surface area contributed by atoms with Crippen LogP contribution in [-0.4, -0.2) is 59.4 Å². The quantitative estimate of drug-likeness (QED) is 0.865. The predicted octanol–water partition coefficient (Wildman–Crippen LogP) is 1.43. The predicted molar refractivity (Wildman–Crippen MR) is 78.7 cm³/mol. The largest absolute Gasteiger partial charge is 0.481 e. The molecule has 3 rings (SSSR count). The fraction of sp³-hybridized carbons (Fsp3) is 0.538. The van der Waals surface area contributed by atoms with Crippen LogP contribution in [0.2, 0.25) is 0 Å².